The van der Waals surface area contributed by atoms with Gasteiger partial charge in [-0.25, -0.2) is 0 Å². The van der Waals surface area contributed by atoms with Crippen LogP contribution in [0, 0.1) is 0 Å². The van der Waals surface area contributed by atoms with Crippen molar-refractivity contribution in [1.82, 2.24) is 20.0 Å². The van der Waals surface area contributed by atoms with Gasteiger partial charge in [-0.1, -0.05) is 0 Å². The number of nitrogens with zero attached hydrogens (tertiary/aromatic N) is 3. The van der Waals surface area contributed by atoms with Gasteiger partial charge in [0.2, 0.25) is 5.91 Å². The van der Waals surface area contributed by atoms with Gasteiger partial charge in [0.05, 0.1) is 12.2 Å². The summed E-state index contributed by atoms with van der Waals surface area (Å²) in [6.45, 7) is 4.93. The molecule has 100 valence electrons. The third-order valence-corrected chi connectivity index (χ3v) is 3.10. The number of aryl methyl sites for hydroxylation is 1. The first-order chi connectivity index (χ1) is 8.72. The van der Waals surface area contributed by atoms with Gasteiger partial charge in [0.1, 0.15) is 6.61 Å². The molecule has 0 radical (unpaired) electrons. The number of carbonyl (C=O) groups excluding carboxylic acids is 1. The van der Waals surface area contributed by atoms with Gasteiger partial charge in [0.15, 0.2) is 0 Å². The molecule has 6 heteroatoms. The number of hydrogen-bond donors (Lipinski definition) is 1. The fourth-order valence-corrected chi connectivity index (χ4v) is 2.19. The van der Waals surface area contributed by atoms with Gasteiger partial charge in [0, 0.05) is 45.0 Å². The summed E-state index contributed by atoms with van der Waals surface area (Å²) in [6.07, 6.45) is 3.78. The third-order valence-electron chi connectivity index (χ3n) is 3.10. The van der Waals surface area contributed by atoms with E-state index in [1.807, 2.05) is 31.3 Å². The van der Waals surface area contributed by atoms with Gasteiger partial charge in [-0.15, -0.1) is 0 Å². The minimum Gasteiger partial charge on any atom is -0.372 e. The van der Waals surface area contributed by atoms with E-state index in [2.05, 4.69) is 10.4 Å². The normalized spacial score (nSPS) is 20.1. The van der Waals surface area contributed by atoms with Gasteiger partial charge in [0.25, 0.3) is 0 Å². The maximum absolute atomic E-state index is 12.1. The second-order valence-electron chi connectivity index (χ2n) is 4.39. The van der Waals surface area contributed by atoms with Crippen LogP contribution in [0.2, 0.25) is 0 Å². The Bertz CT molecular complexity index is 405. The van der Waals surface area contributed by atoms with E-state index >= 15 is 0 Å². The van der Waals surface area contributed by atoms with Crippen LogP contribution in [0.1, 0.15) is 18.5 Å². The van der Waals surface area contributed by atoms with E-state index in [0.29, 0.717) is 13.2 Å². The average molecular weight is 252 g/mol. The van der Waals surface area contributed by atoms with Crippen LogP contribution in [-0.2, 0) is 16.6 Å². The number of carbonyl (C=O) groups is 1. The highest BCUT2D eigenvalue weighted by Gasteiger charge is 2.28. The van der Waals surface area contributed by atoms with E-state index in [0.717, 1.165) is 18.7 Å². The van der Waals surface area contributed by atoms with Gasteiger partial charge < -0.3 is 15.0 Å². The van der Waals surface area contributed by atoms with E-state index in [-0.39, 0.29) is 18.6 Å². The van der Waals surface area contributed by atoms with Crippen molar-refractivity contribution in [3.8, 4) is 0 Å². The Morgan fingerprint density at radius 1 is 1.67 bits per heavy atom. The number of ether oxygens (including phenoxy) is 1. The lowest BCUT2D eigenvalue weighted by molar-refractivity contribution is -0.139. The van der Waals surface area contributed by atoms with E-state index in [1.54, 1.807) is 4.68 Å². The molecule has 1 unspecified atom stereocenters. The summed E-state index contributed by atoms with van der Waals surface area (Å²) in [5.74, 6) is 0.0483. The molecule has 2 heterocycles. The van der Waals surface area contributed by atoms with E-state index < -0.39 is 0 Å². The second kappa shape index (κ2) is 5.97. The van der Waals surface area contributed by atoms with Crippen LogP contribution in [0.25, 0.3) is 0 Å². The van der Waals surface area contributed by atoms with Crippen molar-refractivity contribution >= 4 is 5.91 Å². The van der Waals surface area contributed by atoms with Crippen LogP contribution in [0.3, 0.4) is 0 Å². The predicted octanol–water partition coefficient (Wildman–Crippen LogP) is -0.0705. The van der Waals surface area contributed by atoms with Crippen LogP contribution in [0.4, 0.5) is 0 Å². The van der Waals surface area contributed by atoms with Crippen molar-refractivity contribution in [3.63, 3.8) is 0 Å². The number of amides is 1. The van der Waals surface area contributed by atoms with Gasteiger partial charge >= 0.3 is 0 Å². The highest BCUT2D eigenvalue weighted by Crippen LogP contribution is 2.21. The Labute approximate surface area is 107 Å². The number of nitrogens with one attached hydrogen (secondary N) is 1. The minimum atomic E-state index is 0.0483. The van der Waals surface area contributed by atoms with Gasteiger partial charge in [-0.2, -0.15) is 5.10 Å². The Kier molecular flexibility index (Phi) is 4.33. The van der Waals surface area contributed by atoms with Crippen molar-refractivity contribution < 1.29 is 9.53 Å². The fraction of sp³-hybridized carbons (Fsp3) is 0.667. The minimum absolute atomic E-state index is 0.0483. The van der Waals surface area contributed by atoms with Crippen LogP contribution in [-0.4, -0.2) is 53.4 Å². The summed E-state index contributed by atoms with van der Waals surface area (Å²) in [5.41, 5.74) is 1.06. The smallest absolute Gasteiger partial charge is 0.249 e. The van der Waals surface area contributed by atoms with Crippen molar-refractivity contribution in [3.05, 3.63) is 18.0 Å². The summed E-state index contributed by atoms with van der Waals surface area (Å²) >= 11 is 0. The van der Waals surface area contributed by atoms with Gasteiger partial charge in [-0.3, -0.25) is 9.48 Å². The van der Waals surface area contributed by atoms with Crippen molar-refractivity contribution in [2.45, 2.75) is 13.0 Å². The summed E-state index contributed by atoms with van der Waals surface area (Å²) in [7, 11) is 1.88. The number of piperazine rings is 1. The molecule has 18 heavy (non-hydrogen) atoms. The van der Waals surface area contributed by atoms with E-state index in [4.69, 9.17) is 4.74 Å². The summed E-state index contributed by atoms with van der Waals surface area (Å²) in [5, 5.41) is 7.48. The zero-order valence-electron chi connectivity index (χ0n) is 10.9. The Balaban J connectivity index is 2.08. The number of rotatable bonds is 4. The molecule has 6 nitrogen and oxygen atoms in total. The number of aromatic nitrogens is 2. The molecule has 0 saturated carbocycles. The summed E-state index contributed by atoms with van der Waals surface area (Å²) < 4.78 is 6.96. The highest BCUT2D eigenvalue weighted by atomic mass is 16.5. The average Bonchev–Trinajstić information content (AvgIpc) is 2.82. The molecule has 1 atom stereocenters. The van der Waals surface area contributed by atoms with Crippen LogP contribution < -0.4 is 5.32 Å². The molecule has 1 fully saturated rings. The maximum atomic E-state index is 12.1. The topological polar surface area (TPSA) is 59.4 Å². The molecule has 1 aromatic heterocycles. The Morgan fingerprint density at radius 2 is 2.50 bits per heavy atom. The standard InChI is InChI=1S/C12H20N4O2/c1-3-18-9-12(17)16-5-4-13-7-11(16)10-6-14-15(2)8-10/h6,8,11,13H,3-5,7,9H2,1-2H3. The number of hydrogen-bond acceptors (Lipinski definition) is 4. The lowest BCUT2D eigenvalue weighted by Gasteiger charge is -2.35. The Hall–Kier alpha value is -1.40. The maximum Gasteiger partial charge on any atom is 0.249 e. The van der Waals surface area contributed by atoms with Crippen LogP contribution in [0.5, 0.6) is 0 Å². The molecular formula is C12H20N4O2. The van der Waals surface area contributed by atoms with E-state index in [1.165, 1.54) is 0 Å². The predicted molar refractivity (Wildman–Crippen MR) is 67.0 cm³/mol. The van der Waals surface area contributed by atoms with Gasteiger partial charge in [-0.05, 0) is 6.92 Å². The molecule has 1 saturated heterocycles. The zero-order valence-corrected chi connectivity index (χ0v) is 10.9. The summed E-state index contributed by atoms with van der Waals surface area (Å²) in [4.78, 5) is 14.0. The molecule has 1 amide bonds. The molecule has 0 bridgehead atoms. The highest BCUT2D eigenvalue weighted by molar-refractivity contribution is 5.78. The van der Waals surface area contributed by atoms with Crippen LogP contribution >= 0.6 is 0 Å². The third kappa shape index (κ3) is 2.88. The first-order valence-corrected chi connectivity index (χ1v) is 6.29. The summed E-state index contributed by atoms with van der Waals surface area (Å²) in [6, 6.07) is 0.0559. The first-order valence-electron chi connectivity index (χ1n) is 6.29. The fourth-order valence-electron chi connectivity index (χ4n) is 2.19. The van der Waals surface area contributed by atoms with Crippen molar-refractivity contribution in [2.24, 2.45) is 7.05 Å². The van der Waals surface area contributed by atoms with Crippen molar-refractivity contribution in [1.29, 1.82) is 0 Å². The SMILES string of the molecule is CCOCC(=O)N1CCNCC1c1cnn(C)c1. The largest absolute Gasteiger partial charge is 0.372 e. The molecule has 0 aromatic carbocycles. The lowest BCUT2D eigenvalue weighted by atomic mass is 10.1. The molecular weight excluding hydrogens is 232 g/mol. The quantitative estimate of drug-likeness (QED) is 0.815. The molecule has 2 rings (SSSR count). The van der Waals surface area contributed by atoms with E-state index in [9.17, 15) is 4.79 Å². The second-order valence-corrected chi connectivity index (χ2v) is 4.39. The van der Waals surface area contributed by atoms with Crippen molar-refractivity contribution in [2.75, 3.05) is 32.8 Å². The zero-order chi connectivity index (χ0) is 13.0. The molecule has 1 aliphatic rings. The molecule has 0 aliphatic carbocycles. The lowest BCUT2D eigenvalue weighted by Crippen LogP contribution is -2.49. The monoisotopic (exact) mass is 252 g/mol. The molecule has 1 N–H and O–H groups in total. The molecule has 0 spiro atoms. The van der Waals surface area contributed by atoms with Crippen LogP contribution in [0.15, 0.2) is 12.4 Å². The molecule has 1 aliphatic heterocycles. The first kappa shape index (κ1) is 13.0. The molecule has 1 aromatic rings. The Morgan fingerprint density at radius 3 is 3.17 bits per heavy atom.